The molecule has 0 radical (unpaired) electrons. The largest absolute Gasteiger partial charge is 0.399 e. The van der Waals surface area contributed by atoms with Gasteiger partial charge in [-0.1, -0.05) is 67.6 Å². The highest BCUT2D eigenvalue weighted by atomic mass is 14.6. The van der Waals surface area contributed by atoms with Crippen LogP contribution in [-0.2, 0) is 0 Å². The number of nitrogens with two attached hydrogens (primary N) is 2. The molecule has 0 saturated heterocycles. The van der Waals surface area contributed by atoms with E-state index < -0.39 is 0 Å². The number of anilines is 2. The van der Waals surface area contributed by atoms with Crippen molar-refractivity contribution < 1.29 is 0 Å². The molecule has 1 unspecified atom stereocenters. The van der Waals surface area contributed by atoms with Gasteiger partial charge in [0.1, 0.15) is 0 Å². The molecule has 0 spiro atoms. The molecule has 3 aromatic carbocycles. The summed E-state index contributed by atoms with van der Waals surface area (Å²) >= 11 is 0. The van der Waals surface area contributed by atoms with Crippen LogP contribution in [-0.4, -0.2) is 0 Å². The van der Waals surface area contributed by atoms with Crippen LogP contribution in [0.3, 0.4) is 0 Å². The van der Waals surface area contributed by atoms with E-state index >= 15 is 0 Å². The molecular formula is C20H20N2. The second-order valence-electron chi connectivity index (χ2n) is 5.60. The van der Waals surface area contributed by atoms with E-state index in [1.807, 2.05) is 24.3 Å². The van der Waals surface area contributed by atoms with Gasteiger partial charge in [0.15, 0.2) is 0 Å². The standard InChI is InChI=1S/C20H20N2/c1-14(19-12-11-18(21)13-20(19)22)15-7-9-17(10-8-15)16-5-3-2-4-6-16/h2-14H,21-22H2,1H3. The molecule has 3 rings (SSSR count). The molecule has 0 aromatic heterocycles. The van der Waals surface area contributed by atoms with Crippen LogP contribution < -0.4 is 11.5 Å². The van der Waals surface area contributed by atoms with Crippen molar-refractivity contribution in [2.75, 3.05) is 11.5 Å². The molecule has 0 aliphatic carbocycles. The molecule has 0 aliphatic rings. The Morgan fingerprint density at radius 3 is 2.00 bits per heavy atom. The topological polar surface area (TPSA) is 52.0 Å². The van der Waals surface area contributed by atoms with Crippen molar-refractivity contribution in [3.05, 3.63) is 83.9 Å². The summed E-state index contributed by atoms with van der Waals surface area (Å²) in [4.78, 5) is 0. The number of benzene rings is 3. The lowest BCUT2D eigenvalue weighted by Crippen LogP contribution is -2.02. The average Bonchev–Trinajstić information content (AvgIpc) is 2.55. The Balaban J connectivity index is 1.89. The summed E-state index contributed by atoms with van der Waals surface area (Å²) in [5.41, 5.74) is 18.1. The Morgan fingerprint density at radius 1 is 0.727 bits per heavy atom. The van der Waals surface area contributed by atoms with E-state index in [1.54, 1.807) is 0 Å². The summed E-state index contributed by atoms with van der Waals surface area (Å²) in [6.45, 7) is 2.17. The lowest BCUT2D eigenvalue weighted by molar-refractivity contribution is 0.926. The molecule has 0 aliphatic heterocycles. The Hall–Kier alpha value is -2.74. The molecule has 4 N–H and O–H groups in total. The maximum atomic E-state index is 6.10. The predicted octanol–water partition coefficient (Wildman–Crippen LogP) is 4.67. The van der Waals surface area contributed by atoms with Crippen molar-refractivity contribution in [2.45, 2.75) is 12.8 Å². The van der Waals surface area contributed by atoms with E-state index in [0.29, 0.717) is 5.69 Å². The minimum absolute atomic E-state index is 0.241. The van der Waals surface area contributed by atoms with E-state index in [1.165, 1.54) is 16.7 Å². The van der Waals surface area contributed by atoms with Gasteiger partial charge in [0.05, 0.1) is 0 Å². The fraction of sp³-hybridized carbons (Fsp3) is 0.100. The van der Waals surface area contributed by atoms with Gasteiger partial charge in [-0.15, -0.1) is 0 Å². The van der Waals surface area contributed by atoms with Gasteiger partial charge in [-0.2, -0.15) is 0 Å². The van der Waals surface area contributed by atoms with Crippen molar-refractivity contribution in [2.24, 2.45) is 0 Å². The molecule has 0 saturated carbocycles. The van der Waals surface area contributed by atoms with Crippen molar-refractivity contribution >= 4 is 11.4 Å². The Kier molecular flexibility index (Phi) is 3.84. The maximum absolute atomic E-state index is 6.10. The lowest BCUT2D eigenvalue weighted by atomic mass is 9.90. The molecule has 0 amide bonds. The van der Waals surface area contributed by atoms with Crippen molar-refractivity contribution in [1.82, 2.24) is 0 Å². The molecular weight excluding hydrogens is 268 g/mol. The van der Waals surface area contributed by atoms with Gasteiger partial charge in [-0.05, 0) is 34.4 Å². The summed E-state index contributed by atoms with van der Waals surface area (Å²) in [6, 6.07) is 24.8. The van der Waals surface area contributed by atoms with Gasteiger partial charge in [0.25, 0.3) is 0 Å². The third kappa shape index (κ3) is 2.82. The van der Waals surface area contributed by atoms with Gasteiger partial charge in [0, 0.05) is 17.3 Å². The average molecular weight is 288 g/mol. The van der Waals surface area contributed by atoms with Gasteiger partial charge in [-0.3, -0.25) is 0 Å². The van der Waals surface area contributed by atoms with Gasteiger partial charge in [0.2, 0.25) is 0 Å². The third-order valence-electron chi connectivity index (χ3n) is 4.10. The van der Waals surface area contributed by atoms with E-state index in [0.717, 1.165) is 11.3 Å². The smallest absolute Gasteiger partial charge is 0.0373 e. The predicted molar refractivity (Wildman–Crippen MR) is 94.7 cm³/mol. The maximum Gasteiger partial charge on any atom is 0.0373 e. The fourth-order valence-corrected chi connectivity index (χ4v) is 2.76. The molecule has 2 nitrogen and oxygen atoms in total. The lowest BCUT2D eigenvalue weighted by Gasteiger charge is -2.16. The summed E-state index contributed by atoms with van der Waals surface area (Å²) in [5.74, 6) is 0.241. The normalized spacial score (nSPS) is 12.0. The highest BCUT2D eigenvalue weighted by molar-refractivity contribution is 5.64. The van der Waals surface area contributed by atoms with Crippen LogP contribution in [0.5, 0.6) is 0 Å². The minimum atomic E-state index is 0.241. The van der Waals surface area contributed by atoms with Crippen LogP contribution in [0.4, 0.5) is 11.4 Å². The van der Waals surface area contributed by atoms with Crippen LogP contribution in [0.1, 0.15) is 24.0 Å². The number of rotatable bonds is 3. The molecule has 110 valence electrons. The Bertz CT molecular complexity index is 761. The van der Waals surface area contributed by atoms with Crippen LogP contribution in [0, 0.1) is 0 Å². The number of nitrogen functional groups attached to an aromatic ring is 2. The third-order valence-corrected chi connectivity index (χ3v) is 4.10. The SMILES string of the molecule is CC(c1ccc(-c2ccccc2)cc1)c1ccc(N)cc1N. The van der Waals surface area contributed by atoms with Gasteiger partial charge >= 0.3 is 0 Å². The molecule has 0 heterocycles. The van der Waals surface area contributed by atoms with Crippen LogP contribution in [0.2, 0.25) is 0 Å². The van der Waals surface area contributed by atoms with E-state index in [9.17, 15) is 0 Å². The van der Waals surface area contributed by atoms with Gasteiger partial charge < -0.3 is 11.5 Å². The molecule has 2 heteroatoms. The Labute approximate surface area is 131 Å². The second-order valence-corrected chi connectivity index (χ2v) is 5.60. The summed E-state index contributed by atoms with van der Waals surface area (Å²) in [5, 5.41) is 0. The molecule has 1 atom stereocenters. The van der Waals surface area contributed by atoms with Crippen LogP contribution >= 0.6 is 0 Å². The number of hydrogen-bond acceptors (Lipinski definition) is 2. The van der Waals surface area contributed by atoms with E-state index in [2.05, 4.69) is 55.5 Å². The van der Waals surface area contributed by atoms with Crippen LogP contribution in [0.25, 0.3) is 11.1 Å². The van der Waals surface area contributed by atoms with Crippen LogP contribution in [0.15, 0.2) is 72.8 Å². The monoisotopic (exact) mass is 288 g/mol. The van der Waals surface area contributed by atoms with Crippen molar-refractivity contribution in [1.29, 1.82) is 0 Å². The zero-order valence-corrected chi connectivity index (χ0v) is 12.7. The first-order valence-corrected chi connectivity index (χ1v) is 7.45. The minimum Gasteiger partial charge on any atom is -0.399 e. The highest BCUT2D eigenvalue weighted by Gasteiger charge is 2.11. The van der Waals surface area contributed by atoms with Crippen molar-refractivity contribution in [3.8, 4) is 11.1 Å². The first kappa shape index (κ1) is 14.2. The highest BCUT2D eigenvalue weighted by Crippen LogP contribution is 2.31. The van der Waals surface area contributed by atoms with E-state index in [4.69, 9.17) is 11.5 Å². The second kappa shape index (κ2) is 5.94. The molecule has 0 fully saturated rings. The van der Waals surface area contributed by atoms with Crippen molar-refractivity contribution in [3.63, 3.8) is 0 Å². The van der Waals surface area contributed by atoms with E-state index in [-0.39, 0.29) is 5.92 Å². The molecule has 0 bridgehead atoms. The molecule has 22 heavy (non-hydrogen) atoms. The number of hydrogen-bond donors (Lipinski definition) is 2. The fourth-order valence-electron chi connectivity index (χ4n) is 2.76. The summed E-state index contributed by atoms with van der Waals surface area (Å²) in [6.07, 6.45) is 0. The molecule has 3 aromatic rings. The van der Waals surface area contributed by atoms with Gasteiger partial charge in [-0.25, -0.2) is 0 Å². The summed E-state index contributed by atoms with van der Waals surface area (Å²) in [7, 11) is 0. The Morgan fingerprint density at radius 2 is 1.36 bits per heavy atom. The quantitative estimate of drug-likeness (QED) is 0.688. The zero-order chi connectivity index (χ0) is 15.5. The summed E-state index contributed by atoms with van der Waals surface area (Å²) < 4.78 is 0. The first-order valence-electron chi connectivity index (χ1n) is 7.45. The first-order chi connectivity index (χ1) is 10.6. The zero-order valence-electron chi connectivity index (χ0n) is 12.7.